The molecule has 2 N–H and O–H groups in total. The van der Waals surface area contributed by atoms with Gasteiger partial charge in [-0.25, -0.2) is 0 Å². The summed E-state index contributed by atoms with van der Waals surface area (Å²) in [4.78, 5) is 22.4. The summed E-state index contributed by atoms with van der Waals surface area (Å²) >= 11 is 0. The van der Waals surface area contributed by atoms with Gasteiger partial charge in [-0.15, -0.1) is 0 Å². The molecule has 1 amide bonds. The highest BCUT2D eigenvalue weighted by atomic mass is 16.5. The number of benzene rings is 1. The molecule has 0 spiro atoms. The monoisotopic (exact) mass is 331 g/mol. The molecule has 0 atom stereocenters. The molecule has 130 valence electrons. The van der Waals surface area contributed by atoms with Gasteiger partial charge in [0.15, 0.2) is 0 Å². The number of nitrogens with one attached hydrogen (secondary N) is 1. The lowest BCUT2D eigenvalue weighted by molar-refractivity contribution is -0.137. The number of carbonyl (C=O) groups is 2. The van der Waals surface area contributed by atoms with Crippen molar-refractivity contribution in [2.24, 2.45) is 0 Å². The van der Waals surface area contributed by atoms with Crippen LogP contribution in [-0.4, -0.2) is 23.6 Å². The molecule has 0 unspecified atom stereocenters. The number of carboxylic acid groups (broad SMARTS) is 1. The molecular weight excluding hydrogens is 306 g/mol. The van der Waals surface area contributed by atoms with Crippen molar-refractivity contribution in [2.75, 3.05) is 6.61 Å². The van der Waals surface area contributed by atoms with E-state index < -0.39 is 5.97 Å². The first-order valence-corrected chi connectivity index (χ1v) is 8.51. The van der Waals surface area contributed by atoms with Gasteiger partial charge in [0.1, 0.15) is 5.75 Å². The molecule has 2 rings (SSSR count). The normalized spacial score (nSPS) is 13.9. The van der Waals surface area contributed by atoms with Crippen LogP contribution in [0.5, 0.6) is 5.75 Å². The van der Waals surface area contributed by atoms with Gasteiger partial charge in [-0.1, -0.05) is 23.8 Å². The number of aliphatic carboxylic acids is 1. The van der Waals surface area contributed by atoms with Crippen LogP contribution in [0.3, 0.4) is 0 Å². The fraction of sp³-hybridized carbons (Fsp3) is 0.474. The summed E-state index contributed by atoms with van der Waals surface area (Å²) in [6.45, 7) is 0.892. The Hall–Kier alpha value is -2.30. The molecule has 0 aromatic heterocycles. The maximum atomic E-state index is 12.0. The predicted molar refractivity (Wildman–Crippen MR) is 91.8 cm³/mol. The second kappa shape index (κ2) is 9.75. The number of ether oxygens (including phenoxy) is 1. The van der Waals surface area contributed by atoms with Crippen LogP contribution in [-0.2, 0) is 16.1 Å². The average molecular weight is 331 g/mol. The van der Waals surface area contributed by atoms with E-state index in [4.69, 9.17) is 9.84 Å². The van der Waals surface area contributed by atoms with Crippen molar-refractivity contribution >= 4 is 11.9 Å². The standard InChI is InChI=1S/C19H25NO4/c21-18(13-15-5-2-1-3-6-15)20-14-16-8-10-17(11-9-16)24-12-4-7-19(22)23/h5,8-11H,1-4,6-7,12-14H2,(H,20,21)(H,22,23). The van der Waals surface area contributed by atoms with Crippen molar-refractivity contribution in [3.8, 4) is 5.75 Å². The van der Waals surface area contributed by atoms with Crippen LogP contribution in [0.25, 0.3) is 0 Å². The molecule has 1 aromatic rings. The van der Waals surface area contributed by atoms with Gasteiger partial charge in [-0.3, -0.25) is 9.59 Å². The highest BCUT2D eigenvalue weighted by molar-refractivity contribution is 5.78. The van der Waals surface area contributed by atoms with Crippen LogP contribution >= 0.6 is 0 Å². The third kappa shape index (κ3) is 6.86. The van der Waals surface area contributed by atoms with Crippen molar-refractivity contribution in [3.63, 3.8) is 0 Å². The van der Waals surface area contributed by atoms with Gasteiger partial charge in [0.05, 0.1) is 6.61 Å². The molecule has 1 aliphatic rings. The molecule has 24 heavy (non-hydrogen) atoms. The highest BCUT2D eigenvalue weighted by Gasteiger charge is 2.08. The second-order valence-corrected chi connectivity index (χ2v) is 6.05. The van der Waals surface area contributed by atoms with Gasteiger partial charge in [0.2, 0.25) is 5.91 Å². The van der Waals surface area contributed by atoms with Gasteiger partial charge >= 0.3 is 5.97 Å². The quantitative estimate of drug-likeness (QED) is 0.537. The summed E-state index contributed by atoms with van der Waals surface area (Å²) in [6, 6.07) is 7.50. The summed E-state index contributed by atoms with van der Waals surface area (Å²) in [5, 5.41) is 11.5. The molecule has 5 heteroatoms. The lowest BCUT2D eigenvalue weighted by atomic mass is 9.97. The summed E-state index contributed by atoms with van der Waals surface area (Å²) in [6.07, 6.45) is 7.86. The molecule has 5 nitrogen and oxygen atoms in total. The summed E-state index contributed by atoms with van der Waals surface area (Å²) in [7, 11) is 0. The van der Waals surface area contributed by atoms with Crippen molar-refractivity contribution in [2.45, 2.75) is 51.5 Å². The van der Waals surface area contributed by atoms with Crippen LogP contribution in [0.15, 0.2) is 35.9 Å². The molecule has 0 saturated heterocycles. The summed E-state index contributed by atoms with van der Waals surface area (Å²) in [5.74, 6) is -0.0337. The fourth-order valence-corrected chi connectivity index (χ4v) is 2.65. The van der Waals surface area contributed by atoms with Crippen molar-refractivity contribution in [3.05, 3.63) is 41.5 Å². The summed E-state index contributed by atoms with van der Waals surface area (Å²) in [5.41, 5.74) is 2.27. The zero-order valence-corrected chi connectivity index (χ0v) is 13.9. The highest BCUT2D eigenvalue weighted by Crippen LogP contribution is 2.20. The van der Waals surface area contributed by atoms with Crippen LogP contribution in [0.4, 0.5) is 0 Å². The van der Waals surface area contributed by atoms with Gasteiger partial charge < -0.3 is 15.2 Å². The smallest absolute Gasteiger partial charge is 0.303 e. The first-order chi connectivity index (χ1) is 11.6. The van der Waals surface area contributed by atoms with E-state index >= 15 is 0 Å². The average Bonchev–Trinajstić information content (AvgIpc) is 2.59. The molecule has 0 saturated carbocycles. The molecular formula is C19H25NO4. The molecule has 0 heterocycles. The van der Waals surface area contributed by atoms with E-state index in [2.05, 4.69) is 11.4 Å². The Labute approximate surface area is 142 Å². The van der Waals surface area contributed by atoms with E-state index in [1.807, 2.05) is 24.3 Å². The maximum Gasteiger partial charge on any atom is 0.303 e. The predicted octanol–water partition coefficient (Wildman–Crippen LogP) is 3.44. The minimum absolute atomic E-state index is 0.0668. The van der Waals surface area contributed by atoms with Crippen LogP contribution < -0.4 is 10.1 Å². The van der Waals surface area contributed by atoms with Gasteiger partial charge in [-0.2, -0.15) is 0 Å². The molecule has 0 fully saturated rings. The Morgan fingerprint density at radius 2 is 1.96 bits per heavy atom. The zero-order valence-electron chi connectivity index (χ0n) is 13.9. The number of rotatable bonds is 9. The Morgan fingerprint density at radius 3 is 2.62 bits per heavy atom. The number of carbonyl (C=O) groups excluding carboxylic acids is 1. The SMILES string of the molecule is O=C(O)CCCOc1ccc(CNC(=O)CC2=CCCCC2)cc1. The van der Waals surface area contributed by atoms with Crippen molar-refractivity contribution in [1.82, 2.24) is 5.32 Å². The number of hydrogen-bond acceptors (Lipinski definition) is 3. The van der Waals surface area contributed by atoms with E-state index in [-0.39, 0.29) is 12.3 Å². The first kappa shape index (κ1) is 18.0. The fourth-order valence-electron chi connectivity index (χ4n) is 2.65. The number of allylic oxidation sites excluding steroid dienone is 1. The van der Waals surface area contributed by atoms with Crippen molar-refractivity contribution < 1.29 is 19.4 Å². The molecule has 1 aliphatic carbocycles. The lowest BCUT2D eigenvalue weighted by Gasteiger charge is -2.12. The Kier molecular flexibility index (Phi) is 7.33. The minimum Gasteiger partial charge on any atom is -0.494 e. The van der Waals surface area contributed by atoms with E-state index in [1.165, 1.54) is 18.4 Å². The summed E-state index contributed by atoms with van der Waals surface area (Å²) < 4.78 is 5.48. The molecule has 0 radical (unpaired) electrons. The Bertz CT molecular complexity index is 578. The van der Waals surface area contributed by atoms with Gasteiger partial charge in [-0.05, 0) is 49.8 Å². The number of hydrogen-bond donors (Lipinski definition) is 2. The van der Waals surface area contributed by atoms with Crippen LogP contribution in [0.1, 0.15) is 50.5 Å². The number of amides is 1. The van der Waals surface area contributed by atoms with E-state index in [0.717, 1.165) is 18.4 Å². The van der Waals surface area contributed by atoms with Crippen LogP contribution in [0.2, 0.25) is 0 Å². The van der Waals surface area contributed by atoms with E-state index in [1.54, 1.807) is 0 Å². The Balaban J connectivity index is 1.68. The van der Waals surface area contributed by atoms with E-state index in [9.17, 15) is 9.59 Å². The second-order valence-electron chi connectivity index (χ2n) is 6.05. The van der Waals surface area contributed by atoms with Gasteiger partial charge in [0, 0.05) is 19.4 Å². The minimum atomic E-state index is -0.811. The molecule has 0 aliphatic heterocycles. The largest absolute Gasteiger partial charge is 0.494 e. The van der Waals surface area contributed by atoms with Crippen molar-refractivity contribution in [1.29, 1.82) is 0 Å². The topological polar surface area (TPSA) is 75.6 Å². The zero-order chi connectivity index (χ0) is 17.2. The Morgan fingerprint density at radius 1 is 1.17 bits per heavy atom. The third-order valence-electron chi connectivity index (χ3n) is 3.99. The van der Waals surface area contributed by atoms with Gasteiger partial charge in [0.25, 0.3) is 0 Å². The molecule has 1 aromatic carbocycles. The maximum absolute atomic E-state index is 12.0. The number of carboxylic acids is 1. The lowest BCUT2D eigenvalue weighted by Crippen LogP contribution is -2.23. The van der Waals surface area contributed by atoms with E-state index in [0.29, 0.717) is 31.7 Å². The first-order valence-electron chi connectivity index (χ1n) is 8.51. The third-order valence-corrected chi connectivity index (χ3v) is 3.99. The molecule has 0 bridgehead atoms. The van der Waals surface area contributed by atoms with Crippen LogP contribution in [0, 0.1) is 0 Å².